The summed E-state index contributed by atoms with van der Waals surface area (Å²) in [6.45, 7) is 0. The molecule has 31 heavy (non-hydrogen) atoms. The number of hydrazone groups is 1. The van der Waals surface area contributed by atoms with Crippen LogP contribution >= 0.6 is 0 Å². The van der Waals surface area contributed by atoms with Crippen molar-refractivity contribution in [1.82, 2.24) is 20.2 Å². The Hall–Kier alpha value is -4.45. The van der Waals surface area contributed by atoms with Crippen LogP contribution in [0.5, 0.6) is 0 Å². The van der Waals surface area contributed by atoms with E-state index >= 15 is 0 Å². The second kappa shape index (κ2) is 8.12. The molecule has 0 radical (unpaired) electrons. The van der Waals surface area contributed by atoms with Crippen LogP contribution in [0.15, 0.2) is 102 Å². The number of fused-ring (bicyclic) bond motifs is 1. The molecule has 0 saturated carbocycles. The summed E-state index contributed by atoms with van der Waals surface area (Å²) in [5.74, 6) is -0.273. The van der Waals surface area contributed by atoms with E-state index < -0.39 is 0 Å². The maximum atomic E-state index is 12.6. The number of benzene rings is 3. The molecule has 5 rings (SSSR count). The molecule has 150 valence electrons. The zero-order valence-electron chi connectivity index (χ0n) is 16.6. The highest BCUT2D eigenvalue weighted by atomic mass is 16.2. The first-order valence-electron chi connectivity index (χ1n) is 9.89. The summed E-state index contributed by atoms with van der Waals surface area (Å²) in [4.78, 5) is 15.7. The zero-order chi connectivity index (χ0) is 21.0. The van der Waals surface area contributed by atoms with E-state index in [4.69, 9.17) is 5.10 Å². The van der Waals surface area contributed by atoms with Crippen LogP contribution in [0.3, 0.4) is 0 Å². The number of nitrogens with one attached hydrogen (secondary N) is 2. The van der Waals surface area contributed by atoms with Gasteiger partial charge in [0, 0.05) is 34.4 Å². The van der Waals surface area contributed by atoms with E-state index in [1.165, 1.54) is 0 Å². The minimum absolute atomic E-state index is 0.273. The number of hydrogen-bond acceptors (Lipinski definition) is 3. The van der Waals surface area contributed by atoms with Crippen molar-refractivity contribution in [2.45, 2.75) is 0 Å². The molecule has 1 amide bonds. The van der Waals surface area contributed by atoms with Crippen molar-refractivity contribution >= 4 is 23.0 Å². The van der Waals surface area contributed by atoms with Crippen molar-refractivity contribution < 1.29 is 4.79 Å². The smallest absolute Gasteiger partial charge is 0.273 e. The molecule has 3 aromatic carbocycles. The van der Waals surface area contributed by atoms with Crippen LogP contribution in [0.4, 0.5) is 0 Å². The standard InChI is InChI=1S/C25H19N5O/c31-25(22-16-26-23-14-8-7-13-21(22)23)28-27-15-19-17-30(20-11-5-2-6-12-20)29-24(19)18-9-3-1-4-10-18/h1-17,26H,(H,28,31)/b27-15+. The van der Waals surface area contributed by atoms with Gasteiger partial charge in [-0.1, -0.05) is 66.7 Å². The summed E-state index contributed by atoms with van der Waals surface area (Å²) in [5.41, 5.74) is 7.60. The van der Waals surface area contributed by atoms with Gasteiger partial charge in [-0.3, -0.25) is 4.79 Å². The van der Waals surface area contributed by atoms with Crippen molar-refractivity contribution in [2.24, 2.45) is 5.10 Å². The molecule has 0 atom stereocenters. The van der Waals surface area contributed by atoms with Gasteiger partial charge >= 0.3 is 0 Å². The molecule has 0 unspecified atom stereocenters. The van der Waals surface area contributed by atoms with Gasteiger partial charge < -0.3 is 4.98 Å². The number of H-pyrrole nitrogens is 1. The van der Waals surface area contributed by atoms with Crippen molar-refractivity contribution in [1.29, 1.82) is 0 Å². The van der Waals surface area contributed by atoms with Crippen molar-refractivity contribution in [3.8, 4) is 16.9 Å². The quantitative estimate of drug-likeness (QED) is 0.326. The summed E-state index contributed by atoms with van der Waals surface area (Å²) in [5, 5.41) is 9.81. The monoisotopic (exact) mass is 405 g/mol. The van der Waals surface area contributed by atoms with E-state index in [1.54, 1.807) is 12.4 Å². The summed E-state index contributed by atoms with van der Waals surface area (Å²) in [6.07, 6.45) is 5.22. The minimum Gasteiger partial charge on any atom is -0.360 e. The Labute approximate surface area is 178 Å². The fourth-order valence-corrected chi connectivity index (χ4v) is 3.50. The Balaban J connectivity index is 1.44. The lowest BCUT2D eigenvalue weighted by Gasteiger charge is -2.00. The van der Waals surface area contributed by atoms with Gasteiger partial charge in [0.1, 0.15) is 5.69 Å². The zero-order valence-corrected chi connectivity index (χ0v) is 16.6. The van der Waals surface area contributed by atoms with Crippen molar-refractivity contribution in [3.63, 3.8) is 0 Å². The van der Waals surface area contributed by atoms with Crippen molar-refractivity contribution in [3.05, 3.63) is 108 Å². The van der Waals surface area contributed by atoms with Gasteiger partial charge in [0.15, 0.2) is 0 Å². The number of nitrogens with zero attached hydrogens (tertiary/aromatic N) is 3. The van der Waals surface area contributed by atoms with Crippen LogP contribution in [0.1, 0.15) is 15.9 Å². The van der Waals surface area contributed by atoms with Gasteiger partial charge in [0.25, 0.3) is 5.91 Å². The van der Waals surface area contributed by atoms with Crippen LogP contribution in [0.2, 0.25) is 0 Å². The second-order valence-electron chi connectivity index (χ2n) is 7.03. The SMILES string of the molecule is O=C(N/N=C/c1cn(-c2ccccc2)nc1-c1ccccc1)c1c[nH]c2ccccc12. The minimum atomic E-state index is -0.273. The topological polar surface area (TPSA) is 75.1 Å². The number of rotatable bonds is 5. The lowest BCUT2D eigenvalue weighted by molar-refractivity contribution is 0.0957. The highest BCUT2D eigenvalue weighted by molar-refractivity contribution is 6.06. The molecule has 0 fully saturated rings. The van der Waals surface area contributed by atoms with E-state index in [1.807, 2.05) is 95.8 Å². The molecule has 6 nitrogen and oxygen atoms in total. The van der Waals surface area contributed by atoms with E-state index in [9.17, 15) is 4.79 Å². The Bertz CT molecular complexity index is 1370. The summed E-state index contributed by atoms with van der Waals surface area (Å²) in [6, 6.07) is 27.4. The number of carbonyl (C=O) groups is 1. The fourth-order valence-electron chi connectivity index (χ4n) is 3.50. The van der Waals surface area contributed by atoms with Gasteiger partial charge in [-0.15, -0.1) is 0 Å². The number of para-hydroxylation sites is 2. The Kier molecular flexibility index (Phi) is 4.86. The van der Waals surface area contributed by atoms with Gasteiger partial charge in [-0.05, 0) is 18.2 Å². The third-order valence-corrected chi connectivity index (χ3v) is 5.01. The highest BCUT2D eigenvalue weighted by Crippen LogP contribution is 2.22. The van der Waals surface area contributed by atoms with Crippen LogP contribution in [0, 0.1) is 0 Å². The summed E-state index contributed by atoms with van der Waals surface area (Å²) < 4.78 is 1.81. The van der Waals surface area contributed by atoms with Gasteiger partial charge in [0.2, 0.25) is 0 Å². The first-order valence-corrected chi connectivity index (χ1v) is 9.89. The predicted octanol–water partition coefficient (Wildman–Crippen LogP) is 4.78. The van der Waals surface area contributed by atoms with E-state index in [0.717, 1.165) is 33.4 Å². The molecule has 2 heterocycles. The molecule has 0 aliphatic carbocycles. The van der Waals surface area contributed by atoms with E-state index in [0.29, 0.717) is 5.56 Å². The number of amides is 1. The molecule has 0 spiro atoms. The normalized spacial score (nSPS) is 11.2. The maximum absolute atomic E-state index is 12.6. The molecule has 0 aliphatic rings. The van der Waals surface area contributed by atoms with E-state index in [2.05, 4.69) is 15.5 Å². The molecule has 0 bridgehead atoms. The molecule has 0 aliphatic heterocycles. The fraction of sp³-hybridized carbons (Fsp3) is 0. The number of aromatic nitrogens is 3. The summed E-state index contributed by atoms with van der Waals surface area (Å²) >= 11 is 0. The molecular weight excluding hydrogens is 386 g/mol. The average Bonchev–Trinajstić information content (AvgIpc) is 3.45. The Morgan fingerprint density at radius 2 is 1.65 bits per heavy atom. The van der Waals surface area contributed by atoms with E-state index in [-0.39, 0.29) is 5.91 Å². The maximum Gasteiger partial charge on any atom is 0.273 e. The highest BCUT2D eigenvalue weighted by Gasteiger charge is 2.13. The molecule has 2 aromatic heterocycles. The first kappa shape index (κ1) is 18.6. The molecular formula is C25H19N5O. The molecule has 2 N–H and O–H groups in total. The van der Waals surface area contributed by atoms with Crippen LogP contribution < -0.4 is 5.43 Å². The van der Waals surface area contributed by atoms with Crippen LogP contribution in [-0.4, -0.2) is 26.9 Å². The van der Waals surface area contributed by atoms with Crippen molar-refractivity contribution in [2.75, 3.05) is 0 Å². The lowest BCUT2D eigenvalue weighted by atomic mass is 10.1. The lowest BCUT2D eigenvalue weighted by Crippen LogP contribution is -2.17. The first-order chi connectivity index (χ1) is 15.3. The van der Waals surface area contributed by atoms with Crippen LogP contribution in [0.25, 0.3) is 27.8 Å². The average molecular weight is 405 g/mol. The number of carbonyl (C=O) groups excluding carboxylic acids is 1. The third kappa shape index (κ3) is 3.74. The molecule has 5 aromatic rings. The summed E-state index contributed by atoms with van der Waals surface area (Å²) in [7, 11) is 0. The van der Waals surface area contributed by atoms with Gasteiger partial charge in [-0.2, -0.15) is 10.2 Å². The third-order valence-electron chi connectivity index (χ3n) is 5.01. The second-order valence-corrected chi connectivity index (χ2v) is 7.03. The molecule has 6 heteroatoms. The van der Waals surface area contributed by atoms with Gasteiger partial charge in [0.05, 0.1) is 17.5 Å². The Morgan fingerprint density at radius 3 is 2.45 bits per heavy atom. The number of aromatic amines is 1. The van der Waals surface area contributed by atoms with Gasteiger partial charge in [-0.25, -0.2) is 10.1 Å². The van der Waals surface area contributed by atoms with Crippen LogP contribution in [-0.2, 0) is 0 Å². The molecule has 0 saturated heterocycles. The number of hydrogen-bond donors (Lipinski definition) is 2. The predicted molar refractivity (Wildman–Crippen MR) is 122 cm³/mol. The largest absolute Gasteiger partial charge is 0.360 e. The Morgan fingerprint density at radius 1 is 0.935 bits per heavy atom.